The third-order valence-electron chi connectivity index (χ3n) is 3.36. The van der Waals surface area contributed by atoms with Crippen LogP contribution in [0.2, 0.25) is 0 Å². The van der Waals surface area contributed by atoms with E-state index in [-0.39, 0.29) is 6.04 Å². The molecule has 18 heavy (non-hydrogen) atoms. The van der Waals surface area contributed by atoms with Crippen LogP contribution in [0.1, 0.15) is 17.2 Å². The van der Waals surface area contributed by atoms with Crippen molar-refractivity contribution >= 4 is 11.8 Å². The van der Waals surface area contributed by atoms with E-state index in [0.29, 0.717) is 0 Å². The van der Waals surface area contributed by atoms with Gasteiger partial charge in [-0.05, 0) is 29.3 Å². The third kappa shape index (κ3) is 2.08. The molecule has 0 amide bonds. The Morgan fingerprint density at radius 2 is 1.61 bits per heavy atom. The van der Waals surface area contributed by atoms with Crippen molar-refractivity contribution in [3.63, 3.8) is 0 Å². The molecule has 1 aliphatic carbocycles. The lowest BCUT2D eigenvalue weighted by Gasteiger charge is -2.23. The normalized spacial score (nSPS) is 21.6. The third-order valence-corrected chi connectivity index (χ3v) is 3.36. The van der Waals surface area contributed by atoms with Crippen LogP contribution in [-0.2, 0) is 0 Å². The molecule has 0 aliphatic heterocycles. The first-order valence-electron chi connectivity index (χ1n) is 6.20. The number of hydrogen-bond donors (Lipinski definition) is 2. The minimum Gasteiger partial charge on any atom is -0.382 e. The van der Waals surface area contributed by atoms with Gasteiger partial charge in [-0.3, -0.25) is 0 Å². The first-order valence-corrected chi connectivity index (χ1v) is 6.20. The Hall–Kier alpha value is -1.90. The highest BCUT2D eigenvalue weighted by Crippen LogP contribution is 2.26. The fourth-order valence-corrected chi connectivity index (χ4v) is 2.39. The van der Waals surface area contributed by atoms with E-state index in [4.69, 9.17) is 0 Å². The monoisotopic (exact) mass is 238 g/mol. The van der Waals surface area contributed by atoms with Crippen LogP contribution in [0.4, 0.5) is 5.69 Å². The van der Waals surface area contributed by atoms with Gasteiger partial charge in [-0.1, -0.05) is 48.5 Å². The molecular weight excluding hydrogens is 222 g/mol. The predicted molar refractivity (Wildman–Crippen MR) is 72.3 cm³/mol. The molecule has 0 unspecified atom stereocenters. The number of hydrogen-bond acceptors (Lipinski definition) is 1. The highest BCUT2D eigenvalue weighted by molar-refractivity contribution is 5.58. The molecule has 0 spiro atoms. The second-order valence-corrected chi connectivity index (χ2v) is 4.59. The molecule has 2 aromatic rings. The number of fused-ring (bicyclic) bond motifs is 1. The van der Waals surface area contributed by atoms with E-state index in [2.05, 4.69) is 29.6 Å². The molecule has 2 atom stereocenters. The lowest BCUT2D eigenvalue weighted by Crippen LogP contribution is -2.85. The van der Waals surface area contributed by atoms with E-state index in [1.165, 1.54) is 0 Å². The zero-order chi connectivity index (χ0) is 12.4. The lowest BCUT2D eigenvalue weighted by atomic mass is 9.91. The van der Waals surface area contributed by atoms with Gasteiger partial charge in [-0.15, -0.1) is 0 Å². The zero-order valence-corrected chi connectivity index (χ0v) is 10.0. The van der Waals surface area contributed by atoms with Crippen LogP contribution in [0.3, 0.4) is 0 Å². The Balaban J connectivity index is 1.85. The van der Waals surface area contributed by atoms with Crippen LogP contribution in [-0.4, -0.2) is 11.1 Å². The van der Waals surface area contributed by atoms with Crippen molar-refractivity contribution in [3.05, 3.63) is 71.8 Å². The molecule has 0 heterocycles. The van der Waals surface area contributed by atoms with Crippen molar-refractivity contribution in [3.8, 4) is 0 Å². The molecule has 0 fully saturated rings. The SMILES string of the molecule is O[C@@H]1c2ccccc2C=C[C@H]1[NH2+]c1ccccc1. The predicted octanol–water partition coefficient (Wildman–Crippen LogP) is 2.01. The molecule has 3 rings (SSSR count). The number of benzene rings is 2. The molecule has 0 saturated heterocycles. The Morgan fingerprint density at radius 1 is 0.889 bits per heavy atom. The van der Waals surface area contributed by atoms with Gasteiger partial charge in [0.2, 0.25) is 0 Å². The second-order valence-electron chi connectivity index (χ2n) is 4.59. The van der Waals surface area contributed by atoms with Gasteiger partial charge in [-0.2, -0.15) is 0 Å². The van der Waals surface area contributed by atoms with E-state index in [1.807, 2.05) is 42.5 Å². The summed E-state index contributed by atoms with van der Waals surface area (Å²) in [7, 11) is 0. The lowest BCUT2D eigenvalue weighted by molar-refractivity contribution is -0.609. The van der Waals surface area contributed by atoms with Gasteiger partial charge < -0.3 is 10.4 Å². The standard InChI is InChI=1S/C16H15NO/c18-16-14-9-5-4-6-12(14)10-11-15(16)17-13-7-2-1-3-8-13/h1-11,15-18H/p+1/t15-,16-/m1/s1. The fourth-order valence-electron chi connectivity index (χ4n) is 2.39. The van der Waals surface area contributed by atoms with Gasteiger partial charge in [0.05, 0.1) is 0 Å². The van der Waals surface area contributed by atoms with Gasteiger partial charge in [0.15, 0.2) is 0 Å². The molecule has 2 aromatic carbocycles. The summed E-state index contributed by atoms with van der Waals surface area (Å²) in [6, 6.07) is 18.2. The maximum absolute atomic E-state index is 10.4. The number of rotatable bonds is 2. The topological polar surface area (TPSA) is 36.8 Å². The maximum atomic E-state index is 10.4. The van der Waals surface area contributed by atoms with E-state index in [0.717, 1.165) is 16.8 Å². The van der Waals surface area contributed by atoms with E-state index in [1.54, 1.807) is 0 Å². The highest BCUT2D eigenvalue weighted by atomic mass is 16.3. The Labute approximate surface area is 107 Å². The molecule has 3 N–H and O–H groups in total. The van der Waals surface area contributed by atoms with Crippen molar-refractivity contribution in [2.24, 2.45) is 0 Å². The smallest absolute Gasteiger partial charge is 0.140 e. The van der Waals surface area contributed by atoms with Crippen molar-refractivity contribution in [1.29, 1.82) is 0 Å². The van der Waals surface area contributed by atoms with Crippen molar-refractivity contribution in [2.45, 2.75) is 12.1 Å². The van der Waals surface area contributed by atoms with Crippen LogP contribution in [0.5, 0.6) is 0 Å². The quantitative estimate of drug-likeness (QED) is 0.772. The number of nitrogens with two attached hydrogens (primary N) is 1. The average molecular weight is 238 g/mol. The molecule has 0 aromatic heterocycles. The molecule has 90 valence electrons. The molecule has 2 nitrogen and oxygen atoms in total. The van der Waals surface area contributed by atoms with E-state index >= 15 is 0 Å². The van der Waals surface area contributed by atoms with Crippen LogP contribution < -0.4 is 5.32 Å². The minimum absolute atomic E-state index is 0.0438. The number of aliphatic hydroxyl groups excluding tert-OH is 1. The number of quaternary nitrogens is 1. The number of para-hydroxylation sites is 1. The van der Waals surface area contributed by atoms with Gasteiger partial charge in [-0.25, -0.2) is 0 Å². The summed E-state index contributed by atoms with van der Waals surface area (Å²) in [5, 5.41) is 12.5. The van der Waals surface area contributed by atoms with Crippen molar-refractivity contribution in [2.75, 3.05) is 0 Å². The molecule has 2 heteroatoms. The van der Waals surface area contributed by atoms with Gasteiger partial charge >= 0.3 is 0 Å². The second kappa shape index (κ2) is 4.77. The molecule has 1 aliphatic rings. The summed E-state index contributed by atoms with van der Waals surface area (Å²) in [6.45, 7) is 0. The van der Waals surface area contributed by atoms with Gasteiger partial charge in [0, 0.05) is 0 Å². The molecular formula is C16H16NO+. The van der Waals surface area contributed by atoms with Crippen molar-refractivity contribution in [1.82, 2.24) is 0 Å². The maximum Gasteiger partial charge on any atom is 0.140 e. The largest absolute Gasteiger partial charge is 0.382 e. The molecule has 0 bridgehead atoms. The summed E-state index contributed by atoms with van der Waals surface area (Å²) in [4.78, 5) is 0. The summed E-state index contributed by atoms with van der Waals surface area (Å²) >= 11 is 0. The van der Waals surface area contributed by atoms with E-state index < -0.39 is 6.10 Å². The summed E-state index contributed by atoms with van der Waals surface area (Å²) in [6.07, 6.45) is 3.71. The zero-order valence-electron chi connectivity index (χ0n) is 10.0. The Morgan fingerprint density at radius 3 is 2.44 bits per heavy atom. The first-order chi connectivity index (χ1) is 8.84. The van der Waals surface area contributed by atoms with E-state index in [9.17, 15) is 5.11 Å². The van der Waals surface area contributed by atoms with Gasteiger partial charge in [0.1, 0.15) is 17.8 Å². The Kier molecular flexibility index (Phi) is 2.97. The summed E-state index contributed by atoms with van der Waals surface area (Å²) in [5.74, 6) is 0. The number of aliphatic hydroxyl groups is 1. The van der Waals surface area contributed by atoms with Gasteiger partial charge in [0.25, 0.3) is 0 Å². The highest BCUT2D eigenvalue weighted by Gasteiger charge is 2.26. The molecule has 0 saturated carbocycles. The summed E-state index contributed by atoms with van der Waals surface area (Å²) in [5.41, 5.74) is 3.27. The Bertz CT molecular complexity index is 562. The van der Waals surface area contributed by atoms with Crippen LogP contribution >= 0.6 is 0 Å². The minimum atomic E-state index is -0.452. The molecule has 0 radical (unpaired) electrons. The van der Waals surface area contributed by atoms with Crippen LogP contribution in [0.25, 0.3) is 6.08 Å². The fraction of sp³-hybridized carbons (Fsp3) is 0.125. The summed E-state index contributed by atoms with van der Waals surface area (Å²) < 4.78 is 0. The average Bonchev–Trinajstić information content (AvgIpc) is 2.43. The van der Waals surface area contributed by atoms with Crippen molar-refractivity contribution < 1.29 is 10.4 Å². The van der Waals surface area contributed by atoms with Crippen LogP contribution in [0, 0.1) is 0 Å². The first kappa shape index (κ1) is 11.2. The van der Waals surface area contributed by atoms with Crippen LogP contribution in [0.15, 0.2) is 60.7 Å².